The molecule has 34 heavy (non-hydrogen) atoms. The molecule has 0 bridgehead atoms. The molecule has 0 aliphatic carbocycles. The molecule has 2 heterocycles. The first kappa shape index (κ1) is 25.4. The second-order valence-electron chi connectivity index (χ2n) is 8.04. The van der Waals surface area contributed by atoms with Gasteiger partial charge in [-0.2, -0.15) is 0 Å². The number of cyclic esters (lactones) is 1. The highest BCUT2D eigenvalue weighted by Crippen LogP contribution is 2.33. The highest BCUT2D eigenvalue weighted by molar-refractivity contribution is 7.91. The van der Waals surface area contributed by atoms with E-state index in [4.69, 9.17) is 9.47 Å². The molecule has 1 aromatic rings. The molecule has 11 nitrogen and oxygen atoms in total. The molecule has 2 fully saturated rings. The van der Waals surface area contributed by atoms with E-state index in [1.54, 1.807) is 6.07 Å². The van der Waals surface area contributed by atoms with Gasteiger partial charge in [0.15, 0.2) is 0 Å². The van der Waals surface area contributed by atoms with Gasteiger partial charge in [-0.25, -0.2) is 27.3 Å². The zero-order valence-corrected chi connectivity index (χ0v) is 19.5. The zero-order chi connectivity index (χ0) is 25.0. The third kappa shape index (κ3) is 6.22. The number of sulfone groups is 1. The van der Waals surface area contributed by atoms with Crippen LogP contribution in [-0.2, 0) is 33.6 Å². The fourth-order valence-corrected chi connectivity index (χ4v) is 5.31. The molecule has 2 aliphatic heterocycles. The minimum Gasteiger partial charge on any atom is -0.442 e. The molecular formula is C21H25FN2O9S. The average Bonchev–Trinajstić information content (AvgIpc) is 3.12. The smallest absolute Gasteiger partial charge is 0.419 e. The van der Waals surface area contributed by atoms with Gasteiger partial charge in [0.05, 0.1) is 30.3 Å². The fraction of sp³-hybridized carbons (Fsp3) is 0.524. The molecule has 1 aromatic carbocycles. The first-order chi connectivity index (χ1) is 16.0. The molecule has 0 unspecified atom stereocenters. The third-order valence-electron chi connectivity index (χ3n) is 5.60. The lowest BCUT2D eigenvalue weighted by atomic mass is 9.93. The highest BCUT2D eigenvalue weighted by atomic mass is 32.2. The van der Waals surface area contributed by atoms with E-state index in [9.17, 15) is 32.0 Å². The van der Waals surface area contributed by atoms with Gasteiger partial charge in [0, 0.05) is 13.8 Å². The van der Waals surface area contributed by atoms with Gasteiger partial charge in [-0.3, -0.25) is 14.5 Å². The van der Waals surface area contributed by atoms with E-state index in [-0.39, 0.29) is 36.2 Å². The predicted molar refractivity (Wildman–Crippen MR) is 115 cm³/mol. The Balaban J connectivity index is 1.64. The quantitative estimate of drug-likeness (QED) is 0.424. The standard InChI is InChI=1S/C21H25FN2O9S/c1-13(25)23(20(27)32-12-31-14(2)26)10-17-11-24(21(28)33-17)16-3-4-18(19(22)9-16)15-5-7-34(29,30)8-6-15/h3-4,9,15,17H,5-8,10-12H2,1-2H3/t17-/m0/s1. The van der Waals surface area contributed by atoms with Crippen LogP contribution >= 0.6 is 0 Å². The molecule has 3 rings (SSSR count). The van der Waals surface area contributed by atoms with Crippen molar-refractivity contribution in [3.8, 4) is 0 Å². The van der Waals surface area contributed by atoms with Crippen LogP contribution in [0.5, 0.6) is 0 Å². The van der Waals surface area contributed by atoms with Crippen LogP contribution in [0, 0.1) is 5.82 Å². The molecule has 1 atom stereocenters. The Morgan fingerprint density at radius 3 is 2.44 bits per heavy atom. The number of amides is 3. The van der Waals surface area contributed by atoms with Crippen molar-refractivity contribution in [2.45, 2.75) is 38.7 Å². The minimum atomic E-state index is -3.08. The number of rotatable bonds is 6. The van der Waals surface area contributed by atoms with Crippen molar-refractivity contribution in [1.29, 1.82) is 0 Å². The van der Waals surface area contributed by atoms with Crippen LogP contribution < -0.4 is 4.90 Å². The molecular weight excluding hydrogens is 475 g/mol. The van der Waals surface area contributed by atoms with Gasteiger partial charge in [0.25, 0.3) is 0 Å². The van der Waals surface area contributed by atoms with E-state index in [1.807, 2.05) is 0 Å². The van der Waals surface area contributed by atoms with E-state index in [0.29, 0.717) is 23.3 Å². The van der Waals surface area contributed by atoms with Crippen molar-refractivity contribution in [3.63, 3.8) is 0 Å². The van der Waals surface area contributed by atoms with Crippen LogP contribution in [0.2, 0.25) is 0 Å². The van der Waals surface area contributed by atoms with Crippen molar-refractivity contribution in [1.82, 2.24) is 4.90 Å². The molecule has 2 saturated heterocycles. The van der Waals surface area contributed by atoms with Crippen molar-refractivity contribution in [2.24, 2.45) is 0 Å². The summed E-state index contributed by atoms with van der Waals surface area (Å²) in [6.07, 6.45) is -2.09. The normalized spacial score (nSPS) is 19.9. The Kier molecular flexibility index (Phi) is 7.75. The van der Waals surface area contributed by atoms with Gasteiger partial charge in [0.2, 0.25) is 12.7 Å². The molecule has 13 heteroatoms. The number of anilines is 1. The van der Waals surface area contributed by atoms with Crippen molar-refractivity contribution in [3.05, 3.63) is 29.6 Å². The number of esters is 1. The Labute approximate surface area is 195 Å². The fourth-order valence-electron chi connectivity index (χ4n) is 3.82. The molecule has 0 aromatic heterocycles. The summed E-state index contributed by atoms with van der Waals surface area (Å²) in [6.45, 7) is 1.20. The van der Waals surface area contributed by atoms with Crippen LogP contribution in [0.15, 0.2) is 18.2 Å². The number of hydrogen-bond donors (Lipinski definition) is 0. The Hall–Kier alpha value is -3.22. The topological polar surface area (TPSA) is 137 Å². The summed E-state index contributed by atoms with van der Waals surface area (Å²) >= 11 is 0. The van der Waals surface area contributed by atoms with E-state index in [1.165, 1.54) is 17.0 Å². The monoisotopic (exact) mass is 500 g/mol. The number of hydrogen-bond acceptors (Lipinski definition) is 9. The summed E-state index contributed by atoms with van der Waals surface area (Å²) in [6, 6.07) is 4.25. The van der Waals surface area contributed by atoms with Gasteiger partial charge in [-0.05, 0) is 36.5 Å². The predicted octanol–water partition coefficient (Wildman–Crippen LogP) is 1.95. The summed E-state index contributed by atoms with van der Waals surface area (Å²) in [5.41, 5.74) is 0.616. The van der Waals surface area contributed by atoms with Crippen LogP contribution in [0.3, 0.4) is 0 Å². The SMILES string of the molecule is CC(=O)OCOC(=O)N(C[C@H]1CN(c2ccc(C3CCS(=O)(=O)CC3)c(F)c2)C(=O)O1)C(C)=O. The van der Waals surface area contributed by atoms with Gasteiger partial charge in [0.1, 0.15) is 21.8 Å². The number of imide groups is 1. The molecule has 2 aliphatic rings. The van der Waals surface area contributed by atoms with Crippen LogP contribution in [0.4, 0.5) is 19.7 Å². The summed E-state index contributed by atoms with van der Waals surface area (Å²) in [4.78, 5) is 49.0. The number of carbonyl (C=O) groups is 4. The van der Waals surface area contributed by atoms with Crippen LogP contribution in [0.1, 0.15) is 38.2 Å². The number of halogens is 1. The number of carbonyl (C=O) groups excluding carboxylic acids is 4. The Bertz CT molecular complexity index is 1080. The van der Waals surface area contributed by atoms with Gasteiger partial charge in [-0.1, -0.05) is 6.07 Å². The first-order valence-electron chi connectivity index (χ1n) is 10.5. The van der Waals surface area contributed by atoms with Crippen molar-refractivity contribution < 1.29 is 46.2 Å². The van der Waals surface area contributed by atoms with Gasteiger partial charge < -0.3 is 14.2 Å². The molecule has 0 spiro atoms. The molecule has 186 valence electrons. The first-order valence-corrected chi connectivity index (χ1v) is 12.3. The lowest BCUT2D eigenvalue weighted by molar-refractivity contribution is -0.150. The van der Waals surface area contributed by atoms with E-state index in [2.05, 4.69) is 4.74 Å². The summed E-state index contributed by atoms with van der Waals surface area (Å²) < 4.78 is 52.5. The lowest BCUT2D eigenvalue weighted by Gasteiger charge is -2.23. The summed E-state index contributed by atoms with van der Waals surface area (Å²) in [5, 5.41) is 0. The van der Waals surface area contributed by atoms with E-state index >= 15 is 0 Å². The molecule has 3 amide bonds. The molecule has 0 N–H and O–H groups in total. The van der Waals surface area contributed by atoms with Crippen LogP contribution in [0.25, 0.3) is 0 Å². The maximum absolute atomic E-state index is 14.8. The third-order valence-corrected chi connectivity index (χ3v) is 7.31. The largest absolute Gasteiger partial charge is 0.442 e. The van der Waals surface area contributed by atoms with E-state index < -0.39 is 52.6 Å². The number of nitrogens with zero attached hydrogens (tertiary/aromatic N) is 2. The Morgan fingerprint density at radius 1 is 1.18 bits per heavy atom. The molecule has 0 saturated carbocycles. The summed E-state index contributed by atoms with van der Waals surface area (Å²) in [5.74, 6) is -2.11. The van der Waals surface area contributed by atoms with Crippen molar-refractivity contribution >= 4 is 39.6 Å². The van der Waals surface area contributed by atoms with Gasteiger partial charge >= 0.3 is 18.2 Å². The highest BCUT2D eigenvalue weighted by Gasteiger charge is 2.36. The van der Waals surface area contributed by atoms with Crippen molar-refractivity contribution in [2.75, 3.05) is 36.3 Å². The lowest BCUT2D eigenvalue weighted by Crippen LogP contribution is -2.42. The average molecular weight is 501 g/mol. The van der Waals surface area contributed by atoms with Crippen LogP contribution in [-0.4, -0.2) is 74.9 Å². The number of ether oxygens (including phenoxy) is 3. The minimum absolute atomic E-state index is 0.00888. The Morgan fingerprint density at radius 2 is 1.85 bits per heavy atom. The van der Waals surface area contributed by atoms with Gasteiger partial charge in [-0.15, -0.1) is 0 Å². The maximum Gasteiger partial charge on any atom is 0.419 e. The second kappa shape index (κ2) is 10.4. The summed E-state index contributed by atoms with van der Waals surface area (Å²) in [7, 11) is -3.08. The second-order valence-corrected chi connectivity index (χ2v) is 10.3. The zero-order valence-electron chi connectivity index (χ0n) is 18.7. The van der Waals surface area contributed by atoms with E-state index in [0.717, 1.165) is 13.8 Å². The number of benzene rings is 1. The molecule has 0 radical (unpaired) electrons. The maximum atomic E-state index is 14.8.